The topological polar surface area (TPSA) is 12.0 Å². The van der Waals surface area contributed by atoms with Crippen molar-refractivity contribution in [2.75, 3.05) is 5.32 Å². The van der Waals surface area contributed by atoms with Gasteiger partial charge >= 0.3 is 0 Å². The van der Waals surface area contributed by atoms with Crippen LogP contribution in [0.2, 0.25) is 0 Å². The van der Waals surface area contributed by atoms with E-state index in [2.05, 4.69) is 52.4 Å². The van der Waals surface area contributed by atoms with Crippen LogP contribution in [-0.4, -0.2) is 6.04 Å². The molecule has 1 atom stereocenters. The Morgan fingerprint density at radius 1 is 1.05 bits per heavy atom. The summed E-state index contributed by atoms with van der Waals surface area (Å²) >= 11 is 3.67. The predicted octanol–water partition coefficient (Wildman–Crippen LogP) is 5.47. The molecule has 108 valence electrons. The Morgan fingerprint density at radius 2 is 1.60 bits per heavy atom. The highest BCUT2D eigenvalue weighted by atomic mass is 79.9. The monoisotopic (exact) mass is 333 g/mol. The summed E-state index contributed by atoms with van der Waals surface area (Å²) in [6.45, 7) is 2.42. The van der Waals surface area contributed by atoms with Crippen LogP contribution in [-0.2, 0) is 0 Å². The highest BCUT2D eigenvalue weighted by molar-refractivity contribution is 9.10. The third kappa shape index (κ3) is 2.11. The number of nitrogens with one attached hydrogen (secondary N) is 1. The van der Waals surface area contributed by atoms with E-state index in [1.54, 1.807) is 0 Å². The van der Waals surface area contributed by atoms with Gasteiger partial charge in [-0.25, -0.2) is 0 Å². The number of para-hydroxylation sites is 1. The third-order valence-corrected chi connectivity index (χ3v) is 6.94. The molecular formula is C18H24BrN. The molecule has 0 radical (unpaired) electrons. The average Bonchev–Trinajstić information content (AvgIpc) is 2.40. The summed E-state index contributed by atoms with van der Waals surface area (Å²) in [7, 11) is 0. The quantitative estimate of drug-likeness (QED) is 0.773. The first kappa shape index (κ1) is 13.2. The van der Waals surface area contributed by atoms with E-state index in [1.165, 1.54) is 48.7 Å². The summed E-state index contributed by atoms with van der Waals surface area (Å²) < 4.78 is 1.19. The molecule has 20 heavy (non-hydrogen) atoms. The van der Waals surface area contributed by atoms with E-state index in [4.69, 9.17) is 0 Å². The van der Waals surface area contributed by atoms with Gasteiger partial charge in [0, 0.05) is 16.2 Å². The Hall–Kier alpha value is -0.500. The van der Waals surface area contributed by atoms with Crippen molar-refractivity contribution in [2.24, 2.45) is 23.2 Å². The smallest absolute Gasteiger partial charge is 0.0486 e. The van der Waals surface area contributed by atoms with E-state index in [-0.39, 0.29) is 0 Å². The molecule has 2 heteroatoms. The maximum absolute atomic E-state index is 3.82. The number of rotatable bonds is 3. The van der Waals surface area contributed by atoms with Gasteiger partial charge in [0.25, 0.3) is 0 Å². The lowest BCUT2D eigenvalue weighted by atomic mass is 9.48. The van der Waals surface area contributed by atoms with Crippen molar-refractivity contribution in [3.8, 4) is 0 Å². The van der Waals surface area contributed by atoms with Crippen LogP contribution in [0.5, 0.6) is 0 Å². The molecule has 1 aromatic rings. The van der Waals surface area contributed by atoms with Crippen LogP contribution in [0.3, 0.4) is 0 Å². The van der Waals surface area contributed by atoms with Crippen molar-refractivity contribution in [2.45, 2.75) is 51.5 Å². The Morgan fingerprint density at radius 3 is 2.15 bits per heavy atom. The Bertz CT molecular complexity index is 475. The summed E-state index contributed by atoms with van der Waals surface area (Å²) in [5.41, 5.74) is 1.83. The van der Waals surface area contributed by atoms with Crippen molar-refractivity contribution in [1.82, 2.24) is 0 Å². The Labute approximate surface area is 130 Å². The van der Waals surface area contributed by atoms with Gasteiger partial charge in [0.05, 0.1) is 0 Å². The van der Waals surface area contributed by atoms with E-state index in [9.17, 15) is 0 Å². The molecule has 1 aromatic carbocycles. The van der Waals surface area contributed by atoms with Crippen LogP contribution in [0.1, 0.15) is 45.4 Å². The second-order valence-electron chi connectivity index (χ2n) is 7.63. The number of hydrogen-bond donors (Lipinski definition) is 1. The lowest BCUT2D eigenvalue weighted by Gasteiger charge is -2.59. The van der Waals surface area contributed by atoms with Crippen LogP contribution in [0.4, 0.5) is 5.69 Å². The largest absolute Gasteiger partial charge is 0.381 e. The molecule has 1 N–H and O–H groups in total. The molecule has 1 unspecified atom stereocenters. The van der Waals surface area contributed by atoms with Crippen molar-refractivity contribution in [3.63, 3.8) is 0 Å². The summed E-state index contributed by atoms with van der Waals surface area (Å²) in [5, 5.41) is 3.82. The minimum Gasteiger partial charge on any atom is -0.381 e. The maximum Gasteiger partial charge on any atom is 0.0486 e. The van der Waals surface area contributed by atoms with E-state index in [0.717, 1.165) is 17.8 Å². The van der Waals surface area contributed by atoms with E-state index in [1.807, 2.05) is 0 Å². The van der Waals surface area contributed by atoms with E-state index < -0.39 is 0 Å². The number of benzene rings is 1. The normalized spacial score (nSPS) is 39.8. The van der Waals surface area contributed by atoms with Gasteiger partial charge in [-0.15, -0.1) is 0 Å². The molecule has 5 rings (SSSR count). The van der Waals surface area contributed by atoms with Gasteiger partial charge in [-0.05, 0) is 96.7 Å². The van der Waals surface area contributed by atoms with Gasteiger partial charge in [-0.1, -0.05) is 12.1 Å². The lowest BCUT2D eigenvalue weighted by molar-refractivity contribution is -0.0602. The molecule has 0 aromatic heterocycles. The van der Waals surface area contributed by atoms with Crippen molar-refractivity contribution < 1.29 is 0 Å². The van der Waals surface area contributed by atoms with Gasteiger partial charge in [-0.3, -0.25) is 0 Å². The fourth-order valence-corrected chi connectivity index (χ4v) is 6.07. The third-order valence-electron chi connectivity index (χ3n) is 6.25. The van der Waals surface area contributed by atoms with Gasteiger partial charge in [0.2, 0.25) is 0 Å². The zero-order valence-electron chi connectivity index (χ0n) is 12.2. The zero-order chi connectivity index (χ0) is 13.7. The van der Waals surface area contributed by atoms with Gasteiger partial charge < -0.3 is 5.32 Å². The predicted molar refractivity (Wildman–Crippen MR) is 87.8 cm³/mol. The SMILES string of the molecule is CC(Nc1ccccc1Br)C12CC3CC(CC(C3)C1)C2. The first-order valence-corrected chi connectivity index (χ1v) is 8.95. The molecule has 4 aliphatic carbocycles. The molecule has 0 amide bonds. The minimum atomic E-state index is 0.573. The van der Waals surface area contributed by atoms with Crippen molar-refractivity contribution >= 4 is 21.6 Å². The molecule has 1 nitrogen and oxygen atoms in total. The maximum atomic E-state index is 3.82. The Balaban J connectivity index is 1.56. The molecule has 4 saturated carbocycles. The average molecular weight is 334 g/mol. The summed E-state index contributed by atoms with van der Waals surface area (Å²) in [6.07, 6.45) is 9.00. The van der Waals surface area contributed by atoms with Crippen LogP contribution < -0.4 is 5.32 Å². The van der Waals surface area contributed by atoms with Crippen LogP contribution >= 0.6 is 15.9 Å². The van der Waals surface area contributed by atoms with Crippen LogP contribution in [0.25, 0.3) is 0 Å². The second kappa shape index (κ2) is 4.76. The first-order chi connectivity index (χ1) is 9.64. The summed E-state index contributed by atoms with van der Waals surface area (Å²) in [4.78, 5) is 0. The van der Waals surface area contributed by atoms with Crippen LogP contribution in [0, 0.1) is 23.2 Å². The summed E-state index contributed by atoms with van der Waals surface area (Å²) in [6, 6.07) is 9.13. The van der Waals surface area contributed by atoms with Crippen LogP contribution in [0.15, 0.2) is 28.7 Å². The van der Waals surface area contributed by atoms with E-state index in [0.29, 0.717) is 11.5 Å². The molecule has 0 saturated heterocycles. The van der Waals surface area contributed by atoms with Crippen molar-refractivity contribution in [3.05, 3.63) is 28.7 Å². The fraction of sp³-hybridized carbons (Fsp3) is 0.667. The molecular weight excluding hydrogens is 310 g/mol. The van der Waals surface area contributed by atoms with Gasteiger partial charge in [-0.2, -0.15) is 0 Å². The number of anilines is 1. The highest BCUT2D eigenvalue weighted by Gasteiger charge is 2.53. The molecule has 0 heterocycles. The molecule has 0 spiro atoms. The van der Waals surface area contributed by atoms with E-state index >= 15 is 0 Å². The van der Waals surface area contributed by atoms with Crippen molar-refractivity contribution in [1.29, 1.82) is 0 Å². The molecule has 4 aliphatic rings. The summed E-state index contributed by atoms with van der Waals surface area (Å²) in [5.74, 6) is 3.10. The Kier molecular flexibility index (Phi) is 3.14. The van der Waals surface area contributed by atoms with Gasteiger partial charge in [0.1, 0.15) is 0 Å². The lowest BCUT2D eigenvalue weighted by Crippen LogP contribution is -2.52. The minimum absolute atomic E-state index is 0.573. The molecule has 4 fully saturated rings. The number of halogens is 1. The fourth-order valence-electron chi connectivity index (χ4n) is 5.67. The number of hydrogen-bond acceptors (Lipinski definition) is 1. The van der Waals surface area contributed by atoms with Gasteiger partial charge in [0.15, 0.2) is 0 Å². The standard InChI is InChI=1S/C18H24BrN/c1-12(20-17-5-3-2-4-16(17)19)18-9-13-6-14(10-18)8-15(7-13)11-18/h2-5,12-15,20H,6-11H2,1H3. The molecule has 0 aliphatic heterocycles. The second-order valence-corrected chi connectivity index (χ2v) is 8.48. The highest BCUT2D eigenvalue weighted by Crippen LogP contribution is 2.61. The molecule has 4 bridgehead atoms. The first-order valence-electron chi connectivity index (χ1n) is 8.16. The zero-order valence-corrected chi connectivity index (χ0v) is 13.8.